The van der Waals surface area contributed by atoms with E-state index in [0.29, 0.717) is 0 Å². The van der Waals surface area contributed by atoms with Crippen LogP contribution < -0.4 is 5.32 Å². The molecular formula is C16H21NO2. The summed E-state index contributed by atoms with van der Waals surface area (Å²) < 4.78 is 5.44. The largest absolute Gasteiger partial charge is 0.468 e. The Bertz CT molecular complexity index is 453. The summed E-state index contributed by atoms with van der Waals surface area (Å²) in [6.07, 6.45) is 3.43. The van der Waals surface area contributed by atoms with Gasteiger partial charge in [0.05, 0.1) is 18.9 Å². The van der Waals surface area contributed by atoms with Crippen LogP contribution in [0.1, 0.15) is 30.7 Å². The Balaban J connectivity index is 1.98. The van der Waals surface area contributed by atoms with Crippen LogP contribution in [0.2, 0.25) is 0 Å². The summed E-state index contributed by atoms with van der Waals surface area (Å²) in [6, 6.07) is 14.3. The third-order valence-corrected chi connectivity index (χ3v) is 3.28. The minimum atomic E-state index is 0.0393. The normalized spacial score (nSPS) is 14.2. The summed E-state index contributed by atoms with van der Waals surface area (Å²) in [5.41, 5.74) is 1.23. The topological polar surface area (TPSA) is 45.4 Å². The standard InChI is InChI=1S/C16H21NO2/c1-2-15(16-9-6-10-19-16)17-14(12-18)11-13-7-4-3-5-8-13/h3-10,14-15,17-18H,2,11-12H2,1H3. The number of rotatable bonds is 7. The van der Waals surface area contributed by atoms with Crippen molar-refractivity contribution in [2.24, 2.45) is 0 Å². The molecule has 102 valence electrons. The van der Waals surface area contributed by atoms with Gasteiger partial charge in [-0.15, -0.1) is 0 Å². The van der Waals surface area contributed by atoms with Crippen molar-refractivity contribution in [3.63, 3.8) is 0 Å². The maximum atomic E-state index is 9.54. The van der Waals surface area contributed by atoms with Crippen LogP contribution in [0.4, 0.5) is 0 Å². The maximum Gasteiger partial charge on any atom is 0.120 e. The van der Waals surface area contributed by atoms with E-state index in [9.17, 15) is 5.11 Å². The van der Waals surface area contributed by atoms with Gasteiger partial charge >= 0.3 is 0 Å². The van der Waals surface area contributed by atoms with Gasteiger partial charge in [-0.05, 0) is 30.5 Å². The van der Waals surface area contributed by atoms with Crippen molar-refractivity contribution in [2.45, 2.75) is 31.8 Å². The molecule has 2 rings (SSSR count). The lowest BCUT2D eigenvalue weighted by Gasteiger charge is -2.22. The quantitative estimate of drug-likeness (QED) is 0.803. The summed E-state index contributed by atoms with van der Waals surface area (Å²) in [7, 11) is 0. The van der Waals surface area contributed by atoms with Crippen LogP contribution in [0.25, 0.3) is 0 Å². The van der Waals surface area contributed by atoms with Crippen molar-refractivity contribution in [2.75, 3.05) is 6.61 Å². The second-order valence-corrected chi connectivity index (χ2v) is 4.71. The Morgan fingerprint density at radius 2 is 1.95 bits per heavy atom. The maximum absolute atomic E-state index is 9.54. The molecular weight excluding hydrogens is 238 g/mol. The predicted molar refractivity (Wildman–Crippen MR) is 75.9 cm³/mol. The zero-order valence-electron chi connectivity index (χ0n) is 11.3. The number of aliphatic hydroxyl groups excluding tert-OH is 1. The Kier molecular flexibility index (Phi) is 5.19. The molecule has 0 fully saturated rings. The Morgan fingerprint density at radius 3 is 2.53 bits per heavy atom. The zero-order chi connectivity index (χ0) is 13.5. The first-order valence-corrected chi connectivity index (χ1v) is 6.77. The second-order valence-electron chi connectivity index (χ2n) is 4.71. The van der Waals surface area contributed by atoms with E-state index in [4.69, 9.17) is 4.42 Å². The van der Waals surface area contributed by atoms with Crippen LogP contribution in [0.5, 0.6) is 0 Å². The number of benzene rings is 1. The minimum Gasteiger partial charge on any atom is -0.468 e. The summed E-state index contributed by atoms with van der Waals surface area (Å²) in [5.74, 6) is 0.925. The van der Waals surface area contributed by atoms with E-state index in [2.05, 4.69) is 24.4 Å². The van der Waals surface area contributed by atoms with E-state index in [1.165, 1.54) is 5.56 Å². The van der Waals surface area contributed by atoms with E-state index in [-0.39, 0.29) is 18.7 Å². The molecule has 0 bridgehead atoms. The molecule has 0 saturated heterocycles. The molecule has 2 N–H and O–H groups in total. The Morgan fingerprint density at radius 1 is 1.16 bits per heavy atom. The Hall–Kier alpha value is -1.58. The van der Waals surface area contributed by atoms with Crippen LogP contribution >= 0.6 is 0 Å². The van der Waals surface area contributed by atoms with Crippen molar-refractivity contribution >= 4 is 0 Å². The first-order valence-electron chi connectivity index (χ1n) is 6.77. The fraction of sp³-hybridized carbons (Fsp3) is 0.375. The average Bonchev–Trinajstić information content (AvgIpc) is 2.98. The van der Waals surface area contributed by atoms with Crippen LogP contribution in [-0.2, 0) is 6.42 Å². The molecule has 1 aromatic carbocycles. The van der Waals surface area contributed by atoms with Gasteiger partial charge in [0.1, 0.15) is 5.76 Å². The van der Waals surface area contributed by atoms with Crippen molar-refractivity contribution in [1.29, 1.82) is 0 Å². The van der Waals surface area contributed by atoms with Crippen LogP contribution in [0.15, 0.2) is 53.1 Å². The highest BCUT2D eigenvalue weighted by Crippen LogP contribution is 2.18. The molecule has 2 aromatic rings. The molecule has 3 heteroatoms. The third kappa shape index (κ3) is 3.94. The lowest BCUT2D eigenvalue weighted by molar-refractivity contribution is 0.223. The molecule has 0 aliphatic rings. The highest BCUT2D eigenvalue weighted by molar-refractivity contribution is 5.16. The smallest absolute Gasteiger partial charge is 0.120 e. The van der Waals surface area contributed by atoms with Gasteiger partial charge in [-0.25, -0.2) is 0 Å². The van der Waals surface area contributed by atoms with E-state index >= 15 is 0 Å². The van der Waals surface area contributed by atoms with E-state index in [0.717, 1.165) is 18.6 Å². The SMILES string of the molecule is CCC(NC(CO)Cc1ccccc1)c1ccco1. The fourth-order valence-corrected chi connectivity index (χ4v) is 2.25. The van der Waals surface area contributed by atoms with Gasteiger partial charge in [0, 0.05) is 6.04 Å². The summed E-state index contributed by atoms with van der Waals surface area (Å²) in [4.78, 5) is 0. The van der Waals surface area contributed by atoms with Gasteiger partial charge < -0.3 is 14.8 Å². The first-order chi connectivity index (χ1) is 9.33. The number of hydrogen-bond donors (Lipinski definition) is 2. The zero-order valence-corrected chi connectivity index (χ0v) is 11.3. The van der Waals surface area contributed by atoms with Gasteiger partial charge in [0.2, 0.25) is 0 Å². The van der Waals surface area contributed by atoms with Crippen LogP contribution in [-0.4, -0.2) is 17.8 Å². The molecule has 0 aliphatic heterocycles. The number of aliphatic hydroxyl groups is 1. The molecule has 2 unspecified atom stereocenters. The predicted octanol–water partition coefficient (Wildman–Crippen LogP) is 2.92. The van der Waals surface area contributed by atoms with Gasteiger partial charge in [0.15, 0.2) is 0 Å². The van der Waals surface area contributed by atoms with E-state index < -0.39 is 0 Å². The molecule has 3 nitrogen and oxygen atoms in total. The second kappa shape index (κ2) is 7.12. The van der Waals surface area contributed by atoms with Crippen LogP contribution in [0.3, 0.4) is 0 Å². The lowest BCUT2D eigenvalue weighted by atomic mass is 10.0. The average molecular weight is 259 g/mol. The van der Waals surface area contributed by atoms with Gasteiger partial charge in [-0.1, -0.05) is 37.3 Å². The van der Waals surface area contributed by atoms with Gasteiger partial charge in [-0.3, -0.25) is 0 Å². The minimum absolute atomic E-state index is 0.0393. The lowest BCUT2D eigenvalue weighted by Crippen LogP contribution is -2.37. The van der Waals surface area contributed by atoms with Crippen molar-refractivity contribution in [3.05, 3.63) is 60.1 Å². The summed E-state index contributed by atoms with van der Waals surface area (Å²) >= 11 is 0. The molecule has 0 aliphatic carbocycles. The molecule has 0 radical (unpaired) electrons. The molecule has 1 heterocycles. The molecule has 0 spiro atoms. The number of furan rings is 1. The number of nitrogens with one attached hydrogen (secondary N) is 1. The van der Waals surface area contributed by atoms with E-state index in [1.54, 1.807) is 6.26 Å². The monoisotopic (exact) mass is 259 g/mol. The summed E-state index contributed by atoms with van der Waals surface area (Å²) in [5, 5.41) is 13.0. The van der Waals surface area contributed by atoms with Gasteiger partial charge in [-0.2, -0.15) is 0 Å². The molecule has 0 amide bonds. The first kappa shape index (κ1) is 13.8. The van der Waals surface area contributed by atoms with E-state index in [1.807, 2.05) is 30.3 Å². The highest BCUT2D eigenvalue weighted by Gasteiger charge is 2.17. The van der Waals surface area contributed by atoms with Crippen molar-refractivity contribution < 1.29 is 9.52 Å². The van der Waals surface area contributed by atoms with Crippen molar-refractivity contribution in [3.8, 4) is 0 Å². The van der Waals surface area contributed by atoms with Crippen LogP contribution in [0, 0.1) is 0 Å². The molecule has 2 atom stereocenters. The summed E-state index contributed by atoms with van der Waals surface area (Å²) in [6.45, 7) is 2.23. The molecule has 19 heavy (non-hydrogen) atoms. The third-order valence-electron chi connectivity index (χ3n) is 3.28. The van der Waals surface area contributed by atoms with Crippen molar-refractivity contribution in [1.82, 2.24) is 5.32 Å². The fourth-order valence-electron chi connectivity index (χ4n) is 2.25. The Labute approximate surface area is 114 Å². The molecule has 0 saturated carbocycles. The molecule has 1 aromatic heterocycles. The highest BCUT2D eigenvalue weighted by atomic mass is 16.3. The number of hydrogen-bond acceptors (Lipinski definition) is 3. The van der Waals surface area contributed by atoms with Gasteiger partial charge in [0.25, 0.3) is 0 Å².